The van der Waals surface area contributed by atoms with Crippen molar-refractivity contribution in [1.29, 1.82) is 0 Å². The molecule has 0 saturated heterocycles. The van der Waals surface area contributed by atoms with Crippen molar-refractivity contribution in [2.45, 2.75) is 33.6 Å². The highest BCUT2D eigenvalue weighted by molar-refractivity contribution is 5.75. The number of aromatic nitrogens is 2. The monoisotopic (exact) mass is 236 g/mol. The zero-order chi connectivity index (χ0) is 12.7. The summed E-state index contributed by atoms with van der Waals surface area (Å²) in [5.41, 5.74) is 0. The van der Waals surface area contributed by atoms with Gasteiger partial charge < -0.3 is 10.6 Å². The molecule has 1 aromatic rings. The molecule has 0 aromatic carbocycles. The molecule has 5 heteroatoms. The lowest BCUT2D eigenvalue weighted by Crippen LogP contribution is -2.10. The first kappa shape index (κ1) is 13.4. The number of nitrogens with zero attached hydrogens (tertiary/aromatic N) is 2. The Morgan fingerprint density at radius 2 is 1.82 bits per heavy atom. The fourth-order valence-corrected chi connectivity index (χ4v) is 1.37. The Hall–Kier alpha value is -1.65. The van der Waals surface area contributed by atoms with E-state index >= 15 is 0 Å². The molecule has 5 nitrogen and oxygen atoms in total. The van der Waals surface area contributed by atoms with Gasteiger partial charge in [0.05, 0.1) is 0 Å². The molecule has 0 fully saturated rings. The molecule has 0 bridgehead atoms. The molecule has 0 saturated carbocycles. The van der Waals surface area contributed by atoms with Gasteiger partial charge in [0.25, 0.3) is 0 Å². The van der Waals surface area contributed by atoms with Crippen LogP contribution in [0, 0.1) is 6.92 Å². The minimum atomic E-state index is 0.174. The molecule has 0 atom stereocenters. The number of nitrogens with one attached hydrogen (secondary N) is 2. The topological polar surface area (TPSA) is 66.9 Å². The summed E-state index contributed by atoms with van der Waals surface area (Å²) in [6.45, 7) is 7.05. The Bertz CT molecular complexity index is 379. The second kappa shape index (κ2) is 6.83. The van der Waals surface area contributed by atoms with E-state index in [1.165, 1.54) is 0 Å². The van der Waals surface area contributed by atoms with Crippen LogP contribution in [0.5, 0.6) is 0 Å². The van der Waals surface area contributed by atoms with Crippen LogP contribution in [0.2, 0.25) is 0 Å². The standard InChI is InChI=1S/C12H20N4O/c1-4-6-13-11-8-12(16-10(3)15-11)14-7-5-9(2)17/h8H,4-7H2,1-3H3,(H2,13,14,15,16). The first-order chi connectivity index (χ1) is 8.11. The van der Waals surface area contributed by atoms with E-state index in [2.05, 4.69) is 27.5 Å². The largest absolute Gasteiger partial charge is 0.370 e. The zero-order valence-electron chi connectivity index (χ0n) is 10.7. The predicted octanol–water partition coefficient (Wildman–Crippen LogP) is 2.00. The summed E-state index contributed by atoms with van der Waals surface area (Å²) in [6, 6.07) is 1.86. The van der Waals surface area contributed by atoms with Crippen molar-refractivity contribution < 1.29 is 4.79 Å². The fraction of sp³-hybridized carbons (Fsp3) is 0.583. The molecule has 0 unspecified atom stereocenters. The third-order valence-corrected chi connectivity index (χ3v) is 2.18. The number of ketones is 1. The maximum absolute atomic E-state index is 10.8. The fourth-order valence-electron chi connectivity index (χ4n) is 1.37. The first-order valence-corrected chi connectivity index (χ1v) is 5.94. The van der Waals surface area contributed by atoms with E-state index < -0.39 is 0 Å². The lowest BCUT2D eigenvalue weighted by molar-refractivity contribution is -0.116. The van der Waals surface area contributed by atoms with Crippen LogP contribution in [-0.4, -0.2) is 28.8 Å². The van der Waals surface area contributed by atoms with Gasteiger partial charge in [-0.3, -0.25) is 4.79 Å². The summed E-state index contributed by atoms with van der Waals surface area (Å²) in [7, 11) is 0. The van der Waals surface area contributed by atoms with Crippen LogP contribution in [0.25, 0.3) is 0 Å². The van der Waals surface area contributed by atoms with Crippen molar-refractivity contribution in [1.82, 2.24) is 9.97 Å². The summed E-state index contributed by atoms with van der Waals surface area (Å²) in [5.74, 6) is 2.48. The molecule has 0 aliphatic carbocycles. The van der Waals surface area contributed by atoms with Crippen LogP contribution in [0.15, 0.2) is 6.07 Å². The normalized spacial score (nSPS) is 10.1. The number of anilines is 2. The summed E-state index contributed by atoms with van der Waals surface area (Å²) in [5, 5.41) is 6.34. The average Bonchev–Trinajstić information content (AvgIpc) is 2.25. The van der Waals surface area contributed by atoms with Crippen LogP contribution in [0.1, 0.15) is 32.5 Å². The Morgan fingerprint density at radius 3 is 2.35 bits per heavy atom. The number of Topliss-reactive ketones (excluding diaryl/α,β-unsaturated/α-hetero) is 1. The van der Waals surface area contributed by atoms with E-state index in [4.69, 9.17) is 0 Å². The van der Waals surface area contributed by atoms with E-state index in [-0.39, 0.29) is 5.78 Å². The maximum Gasteiger partial charge on any atom is 0.131 e. The van der Waals surface area contributed by atoms with Gasteiger partial charge in [-0.05, 0) is 20.3 Å². The van der Waals surface area contributed by atoms with E-state index in [9.17, 15) is 4.79 Å². The molecule has 17 heavy (non-hydrogen) atoms. The molecular weight excluding hydrogens is 216 g/mol. The Morgan fingerprint density at radius 1 is 1.24 bits per heavy atom. The maximum atomic E-state index is 10.8. The van der Waals surface area contributed by atoms with Crippen molar-refractivity contribution in [3.8, 4) is 0 Å². The highest BCUT2D eigenvalue weighted by atomic mass is 16.1. The van der Waals surface area contributed by atoms with Gasteiger partial charge in [0.15, 0.2) is 0 Å². The number of carbonyl (C=O) groups excluding carboxylic acids is 1. The number of rotatable bonds is 7. The molecule has 1 heterocycles. The van der Waals surface area contributed by atoms with Gasteiger partial charge in [0, 0.05) is 25.6 Å². The molecule has 0 aliphatic rings. The van der Waals surface area contributed by atoms with Crippen LogP contribution in [-0.2, 0) is 4.79 Å². The molecule has 0 radical (unpaired) electrons. The lowest BCUT2D eigenvalue weighted by Gasteiger charge is -2.09. The van der Waals surface area contributed by atoms with Gasteiger partial charge in [-0.1, -0.05) is 6.92 Å². The SMILES string of the molecule is CCCNc1cc(NCCC(C)=O)nc(C)n1. The van der Waals surface area contributed by atoms with Gasteiger partial charge in [0.2, 0.25) is 0 Å². The van der Waals surface area contributed by atoms with E-state index in [0.717, 1.165) is 30.4 Å². The Balaban J connectivity index is 2.58. The van der Waals surface area contributed by atoms with Crippen molar-refractivity contribution in [3.05, 3.63) is 11.9 Å². The van der Waals surface area contributed by atoms with Gasteiger partial charge in [0.1, 0.15) is 23.2 Å². The minimum absolute atomic E-state index is 0.174. The second-order valence-corrected chi connectivity index (χ2v) is 3.99. The Labute approximate surface area is 102 Å². The average molecular weight is 236 g/mol. The third kappa shape index (κ3) is 5.29. The first-order valence-electron chi connectivity index (χ1n) is 5.94. The van der Waals surface area contributed by atoms with Crippen LogP contribution < -0.4 is 10.6 Å². The Kier molecular flexibility index (Phi) is 5.39. The van der Waals surface area contributed by atoms with Crippen LogP contribution >= 0.6 is 0 Å². The molecule has 94 valence electrons. The lowest BCUT2D eigenvalue weighted by atomic mass is 10.3. The molecular formula is C12H20N4O. The summed E-state index contributed by atoms with van der Waals surface area (Å²) in [6.07, 6.45) is 1.57. The number of carbonyl (C=O) groups is 1. The van der Waals surface area contributed by atoms with E-state index in [0.29, 0.717) is 13.0 Å². The van der Waals surface area contributed by atoms with Gasteiger partial charge in [-0.2, -0.15) is 0 Å². The van der Waals surface area contributed by atoms with Crippen molar-refractivity contribution in [2.75, 3.05) is 23.7 Å². The van der Waals surface area contributed by atoms with Crippen molar-refractivity contribution >= 4 is 17.4 Å². The smallest absolute Gasteiger partial charge is 0.131 e. The summed E-state index contributed by atoms with van der Waals surface area (Å²) < 4.78 is 0. The number of aryl methyl sites for hydroxylation is 1. The minimum Gasteiger partial charge on any atom is -0.370 e. The zero-order valence-corrected chi connectivity index (χ0v) is 10.7. The van der Waals surface area contributed by atoms with Crippen LogP contribution in [0.3, 0.4) is 0 Å². The molecule has 0 spiro atoms. The second-order valence-electron chi connectivity index (χ2n) is 3.99. The number of hydrogen-bond donors (Lipinski definition) is 2. The highest BCUT2D eigenvalue weighted by Gasteiger charge is 2.01. The molecule has 2 N–H and O–H groups in total. The highest BCUT2D eigenvalue weighted by Crippen LogP contribution is 2.10. The predicted molar refractivity (Wildman–Crippen MR) is 69.3 cm³/mol. The third-order valence-electron chi connectivity index (χ3n) is 2.18. The number of hydrogen-bond acceptors (Lipinski definition) is 5. The van der Waals surface area contributed by atoms with Crippen molar-refractivity contribution in [3.63, 3.8) is 0 Å². The van der Waals surface area contributed by atoms with E-state index in [1.807, 2.05) is 13.0 Å². The quantitative estimate of drug-likeness (QED) is 0.758. The van der Waals surface area contributed by atoms with E-state index in [1.54, 1.807) is 6.92 Å². The molecule has 1 aromatic heterocycles. The molecule has 1 rings (SSSR count). The molecule has 0 aliphatic heterocycles. The van der Waals surface area contributed by atoms with Gasteiger partial charge >= 0.3 is 0 Å². The van der Waals surface area contributed by atoms with Crippen molar-refractivity contribution in [2.24, 2.45) is 0 Å². The molecule has 0 amide bonds. The van der Waals surface area contributed by atoms with Crippen LogP contribution in [0.4, 0.5) is 11.6 Å². The van der Waals surface area contributed by atoms with Gasteiger partial charge in [-0.25, -0.2) is 9.97 Å². The van der Waals surface area contributed by atoms with Gasteiger partial charge in [-0.15, -0.1) is 0 Å². The summed E-state index contributed by atoms with van der Waals surface area (Å²) >= 11 is 0. The summed E-state index contributed by atoms with van der Waals surface area (Å²) in [4.78, 5) is 19.4.